The Labute approximate surface area is 143 Å². The monoisotopic (exact) mass is 350 g/mol. The van der Waals surface area contributed by atoms with Gasteiger partial charge < -0.3 is 9.47 Å². The van der Waals surface area contributed by atoms with Crippen molar-refractivity contribution >= 4 is 5.78 Å². The van der Waals surface area contributed by atoms with Gasteiger partial charge in [-0.2, -0.15) is 13.2 Å². The molecule has 1 unspecified atom stereocenters. The average Bonchev–Trinajstić information content (AvgIpc) is 3.13. The summed E-state index contributed by atoms with van der Waals surface area (Å²) in [6.45, 7) is 1.22. The highest BCUT2D eigenvalue weighted by atomic mass is 19.4. The number of alkyl halides is 3. The number of halogens is 3. The van der Waals surface area contributed by atoms with Crippen molar-refractivity contribution in [2.24, 2.45) is 0 Å². The molecule has 6 heteroatoms. The molecule has 3 rings (SSSR count). The first-order valence-electron chi connectivity index (χ1n) is 8.00. The Morgan fingerprint density at radius 2 is 1.64 bits per heavy atom. The Bertz CT molecular complexity index is 715. The minimum absolute atomic E-state index is 0.105. The summed E-state index contributed by atoms with van der Waals surface area (Å²) in [5.74, 6) is 0.291. The van der Waals surface area contributed by atoms with E-state index in [1.54, 1.807) is 24.3 Å². The van der Waals surface area contributed by atoms with E-state index in [-0.39, 0.29) is 17.5 Å². The summed E-state index contributed by atoms with van der Waals surface area (Å²) < 4.78 is 48.8. The molecule has 25 heavy (non-hydrogen) atoms. The topological polar surface area (TPSA) is 35.5 Å². The van der Waals surface area contributed by atoms with Gasteiger partial charge in [-0.25, -0.2) is 0 Å². The zero-order valence-electron chi connectivity index (χ0n) is 13.4. The van der Waals surface area contributed by atoms with Gasteiger partial charge in [-0.1, -0.05) is 12.1 Å². The molecule has 0 aliphatic carbocycles. The van der Waals surface area contributed by atoms with Gasteiger partial charge in [0.1, 0.15) is 12.4 Å². The minimum atomic E-state index is -4.41. The van der Waals surface area contributed by atoms with Crippen LogP contribution in [-0.4, -0.2) is 25.1 Å². The van der Waals surface area contributed by atoms with Crippen LogP contribution in [0.1, 0.15) is 34.3 Å². The molecule has 0 aromatic heterocycles. The molecule has 1 aliphatic heterocycles. The molecular formula is C19H17F3O3. The lowest BCUT2D eigenvalue weighted by Crippen LogP contribution is -2.16. The number of hydrogen-bond acceptors (Lipinski definition) is 3. The van der Waals surface area contributed by atoms with Crippen molar-refractivity contribution in [1.29, 1.82) is 0 Å². The number of ketones is 1. The smallest absolute Gasteiger partial charge is 0.416 e. The summed E-state index contributed by atoms with van der Waals surface area (Å²) in [5, 5.41) is 0. The molecule has 2 aromatic carbocycles. The summed E-state index contributed by atoms with van der Waals surface area (Å²) in [4.78, 5) is 12.3. The van der Waals surface area contributed by atoms with E-state index in [1.165, 1.54) is 12.1 Å². The van der Waals surface area contributed by atoms with Gasteiger partial charge in [-0.3, -0.25) is 4.79 Å². The third-order valence-corrected chi connectivity index (χ3v) is 4.05. The van der Waals surface area contributed by atoms with E-state index in [0.29, 0.717) is 17.9 Å². The van der Waals surface area contributed by atoms with Crippen LogP contribution in [-0.2, 0) is 10.9 Å². The maximum atomic E-state index is 12.6. The van der Waals surface area contributed by atoms with E-state index in [4.69, 9.17) is 9.47 Å². The van der Waals surface area contributed by atoms with Gasteiger partial charge in [0.15, 0.2) is 5.78 Å². The van der Waals surface area contributed by atoms with Gasteiger partial charge in [0, 0.05) is 17.7 Å². The second kappa shape index (κ2) is 7.27. The number of rotatable bonds is 5. The molecule has 132 valence electrons. The van der Waals surface area contributed by atoms with Crippen molar-refractivity contribution < 1.29 is 27.4 Å². The van der Waals surface area contributed by atoms with Gasteiger partial charge in [0.25, 0.3) is 0 Å². The fraction of sp³-hybridized carbons (Fsp3) is 0.316. The Hall–Kier alpha value is -2.34. The van der Waals surface area contributed by atoms with Crippen molar-refractivity contribution in [1.82, 2.24) is 0 Å². The van der Waals surface area contributed by atoms with Crippen molar-refractivity contribution in [3.8, 4) is 5.75 Å². The van der Waals surface area contributed by atoms with E-state index in [2.05, 4.69) is 0 Å². The third-order valence-electron chi connectivity index (χ3n) is 4.05. The average molecular weight is 350 g/mol. The highest BCUT2D eigenvalue weighted by Crippen LogP contribution is 2.29. The molecule has 0 radical (unpaired) electrons. The van der Waals surface area contributed by atoms with Gasteiger partial charge in [-0.15, -0.1) is 0 Å². The van der Waals surface area contributed by atoms with Crippen molar-refractivity contribution in [2.45, 2.75) is 25.1 Å². The van der Waals surface area contributed by atoms with E-state index in [0.717, 1.165) is 31.6 Å². The minimum Gasteiger partial charge on any atom is -0.491 e. The summed E-state index contributed by atoms with van der Waals surface area (Å²) >= 11 is 0. The van der Waals surface area contributed by atoms with Gasteiger partial charge in [-0.05, 0) is 49.2 Å². The van der Waals surface area contributed by atoms with E-state index < -0.39 is 11.7 Å². The Morgan fingerprint density at radius 3 is 2.16 bits per heavy atom. The van der Waals surface area contributed by atoms with Crippen molar-refractivity contribution in [2.75, 3.05) is 13.2 Å². The maximum absolute atomic E-state index is 12.6. The highest BCUT2D eigenvalue weighted by molar-refractivity contribution is 6.09. The molecule has 3 nitrogen and oxygen atoms in total. The quantitative estimate of drug-likeness (QED) is 0.745. The standard InChI is InChI=1S/C19H17F3O3/c20-19(21,22)15-7-3-13(4-8-15)18(23)14-5-9-16(10-6-14)25-12-17-2-1-11-24-17/h3-10,17H,1-2,11-12H2. The number of carbonyl (C=O) groups excluding carboxylic acids is 1. The van der Waals surface area contributed by atoms with Crippen LogP contribution < -0.4 is 4.74 Å². The molecule has 0 saturated carbocycles. The fourth-order valence-corrected chi connectivity index (χ4v) is 2.64. The molecule has 0 amide bonds. The molecule has 1 atom stereocenters. The summed E-state index contributed by atoms with van der Waals surface area (Å²) in [6.07, 6.45) is -2.30. The fourth-order valence-electron chi connectivity index (χ4n) is 2.64. The molecular weight excluding hydrogens is 333 g/mol. The first kappa shape index (κ1) is 17.5. The van der Waals surface area contributed by atoms with E-state index in [9.17, 15) is 18.0 Å². The number of ether oxygens (including phenoxy) is 2. The van der Waals surface area contributed by atoms with Gasteiger partial charge in [0.2, 0.25) is 0 Å². The maximum Gasteiger partial charge on any atom is 0.416 e. The lowest BCUT2D eigenvalue weighted by molar-refractivity contribution is -0.137. The van der Waals surface area contributed by atoms with Crippen molar-refractivity contribution in [3.05, 3.63) is 65.2 Å². The molecule has 0 N–H and O–H groups in total. The van der Waals surface area contributed by atoms with Crippen LogP contribution in [0.5, 0.6) is 5.75 Å². The zero-order valence-corrected chi connectivity index (χ0v) is 13.4. The lowest BCUT2D eigenvalue weighted by Gasteiger charge is -2.11. The molecule has 0 spiro atoms. The molecule has 1 saturated heterocycles. The third kappa shape index (κ3) is 4.39. The van der Waals surface area contributed by atoms with Crippen LogP contribution >= 0.6 is 0 Å². The molecule has 0 bridgehead atoms. The van der Waals surface area contributed by atoms with E-state index in [1.807, 2.05) is 0 Å². The normalized spacial score (nSPS) is 17.5. The zero-order chi connectivity index (χ0) is 17.9. The summed E-state index contributed by atoms with van der Waals surface area (Å²) in [5.41, 5.74) is -0.174. The largest absolute Gasteiger partial charge is 0.491 e. The van der Waals surface area contributed by atoms with Crippen LogP contribution in [0, 0.1) is 0 Å². The molecule has 1 aliphatic rings. The second-order valence-electron chi connectivity index (χ2n) is 5.87. The van der Waals surface area contributed by atoms with Crippen LogP contribution in [0.15, 0.2) is 48.5 Å². The summed E-state index contributed by atoms with van der Waals surface area (Å²) in [6, 6.07) is 10.7. The molecule has 2 aromatic rings. The lowest BCUT2D eigenvalue weighted by atomic mass is 10.0. The Balaban J connectivity index is 1.63. The van der Waals surface area contributed by atoms with Crippen LogP contribution in [0.25, 0.3) is 0 Å². The number of hydrogen-bond donors (Lipinski definition) is 0. The first-order valence-corrected chi connectivity index (χ1v) is 8.00. The van der Waals surface area contributed by atoms with Gasteiger partial charge in [0.05, 0.1) is 11.7 Å². The Morgan fingerprint density at radius 1 is 1.04 bits per heavy atom. The number of carbonyl (C=O) groups is 1. The first-order chi connectivity index (χ1) is 11.9. The molecule has 1 fully saturated rings. The van der Waals surface area contributed by atoms with E-state index >= 15 is 0 Å². The highest BCUT2D eigenvalue weighted by Gasteiger charge is 2.30. The predicted molar refractivity (Wildman–Crippen MR) is 85.8 cm³/mol. The van der Waals surface area contributed by atoms with Crippen LogP contribution in [0.4, 0.5) is 13.2 Å². The van der Waals surface area contributed by atoms with Crippen molar-refractivity contribution in [3.63, 3.8) is 0 Å². The molecule has 1 heterocycles. The van der Waals surface area contributed by atoms with Crippen LogP contribution in [0.3, 0.4) is 0 Å². The summed E-state index contributed by atoms with van der Waals surface area (Å²) in [7, 11) is 0. The predicted octanol–water partition coefficient (Wildman–Crippen LogP) is 4.49. The number of benzene rings is 2. The second-order valence-corrected chi connectivity index (χ2v) is 5.87. The van der Waals surface area contributed by atoms with Gasteiger partial charge >= 0.3 is 6.18 Å². The Kier molecular flexibility index (Phi) is 5.08. The van der Waals surface area contributed by atoms with Crippen LogP contribution in [0.2, 0.25) is 0 Å². The SMILES string of the molecule is O=C(c1ccc(OCC2CCCO2)cc1)c1ccc(C(F)(F)F)cc1.